The molecule has 0 aromatic heterocycles. The van der Waals surface area contributed by atoms with Crippen molar-refractivity contribution in [3.63, 3.8) is 0 Å². The molecule has 14 heavy (non-hydrogen) atoms. The molecule has 1 aromatic carbocycles. The van der Waals surface area contributed by atoms with Crippen LogP contribution >= 0.6 is 0 Å². The molecule has 0 aliphatic rings. The molecule has 0 N–H and O–H groups in total. The van der Waals surface area contributed by atoms with Crippen molar-refractivity contribution in [2.75, 3.05) is 0 Å². The fraction of sp³-hybridized carbons (Fsp3) is 0.538. The van der Waals surface area contributed by atoms with Gasteiger partial charge in [-0.25, -0.2) is 4.39 Å². The van der Waals surface area contributed by atoms with Crippen molar-refractivity contribution < 1.29 is 4.39 Å². The van der Waals surface area contributed by atoms with E-state index in [0.29, 0.717) is 0 Å². The van der Waals surface area contributed by atoms with Crippen LogP contribution in [0, 0.1) is 12.7 Å². The Labute approximate surface area is 86.2 Å². The summed E-state index contributed by atoms with van der Waals surface area (Å²) in [4.78, 5) is 0. The summed E-state index contributed by atoms with van der Waals surface area (Å²) in [5, 5.41) is 0. The molecule has 0 heterocycles. The third-order valence-electron chi connectivity index (χ3n) is 2.57. The second kappa shape index (κ2) is 5.79. The molecule has 0 radical (unpaired) electrons. The number of benzene rings is 1. The summed E-state index contributed by atoms with van der Waals surface area (Å²) in [6, 6.07) is 5.66. The monoisotopic (exact) mass is 194 g/mol. The van der Waals surface area contributed by atoms with Gasteiger partial charge in [0, 0.05) is 0 Å². The van der Waals surface area contributed by atoms with Gasteiger partial charge in [0.15, 0.2) is 0 Å². The minimum atomic E-state index is -0.0102. The molecular weight excluding hydrogens is 175 g/mol. The van der Waals surface area contributed by atoms with E-state index < -0.39 is 0 Å². The van der Waals surface area contributed by atoms with Gasteiger partial charge in [-0.05, 0) is 30.9 Å². The predicted molar refractivity (Wildman–Crippen MR) is 59.0 cm³/mol. The van der Waals surface area contributed by atoms with Crippen LogP contribution in [0.2, 0.25) is 0 Å². The summed E-state index contributed by atoms with van der Waals surface area (Å²) in [6.45, 7) is 4.01. The third kappa shape index (κ3) is 3.13. The number of unbranched alkanes of at least 4 members (excludes halogenated alkanes) is 3. The molecule has 0 saturated carbocycles. The minimum absolute atomic E-state index is 0.0102. The SMILES string of the molecule is CCCCCCc1cccc(C)c1F. The maximum absolute atomic E-state index is 13.5. The molecule has 0 spiro atoms. The molecule has 1 aromatic rings. The van der Waals surface area contributed by atoms with Gasteiger partial charge in [-0.2, -0.15) is 0 Å². The zero-order valence-corrected chi connectivity index (χ0v) is 9.15. The van der Waals surface area contributed by atoms with Gasteiger partial charge in [0.05, 0.1) is 0 Å². The van der Waals surface area contributed by atoms with E-state index in [9.17, 15) is 4.39 Å². The van der Waals surface area contributed by atoms with Crippen molar-refractivity contribution in [1.82, 2.24) is 0 Å². The van der Waals surface area contributed by atoms with E-state index in [0.717, 1.165) is 24.0 Å². The Morgan fingerprint density at radius 2 is 1.93 bits per heavy atom. The fourth-order valence-electron chi connectivity index (χ4n) is 1.64. The summed E-state index contributed by atoms with van der Waals surface area (Å²) in [5.74, 6) is -0.0102. The van der Waals surface area contributed by atoms with E-state index in [2.05, 4.69) is 6.92 Å². The average Bonchev–Trinajstić information content (AvgIpc) is 2.19. The van der Waals surface area contributed by atoms with Gasteiger partial charge in [-0.1, -0.05) is 44.4 Å². The Morgan fingerprint density at radius 1 is 1.14 bits per heavy atom. The molecule has 0 amide bonds. The molecule has 0 saturated heterocycles. The van der Waals surface area contributed by atoms with Gasteiger partial charge < -0.3 is 0 Å². The lowest BCUT2D eigenvalue weighted by Crippen LogP contribution is -1.93. The van der Waals surface area contributed by atoms with E-state index in [1.807, 2.05) is 25.1 Å². The zero-order valence-electron chi connectivity index (χ0n) is 9.15. The quantitative estimate of drug-likeness (QED) is 0.614. The van der Waals surface area contributed by atoms with Crippen molar-refractivity contribution in [3.8, 4) is 0 Å². The minimum Gasteiger partial charge on any atom is -0.206 e. The first kappa shape index (κ1) is 11.2. The van der Waals surface area contributed by atoms with Crippen LogP contribution in [0.5, 0.6) is 0 Å². The number of aryl methyl sites for hydroxylation is 2. The largest absolute Gasteiger partial charge is 0.206 e. The van der Waals surface area contributed by atoms with Crippen molar-refractivity contribution in [3.05, 3.63) is 35.1 Å². The molecule has 0 aliphatic heterocycles. The Balaban J connectivity index is 2.46. The highest BCUT2D eigenvalue weighted by Gasteiger charge is 2.03. The van der Waals surface area contributed by atoms with Crippen LogP contribution in [0.3, 0.4) is 0 Å². The van der Waals surface area contributed by atoms with Gasteiger partial charge in [0.2, 0.25) is 0 Å². The lowest BCUT2D eigenvalue weighted by molar-refractivity contribution is 0.586. The van der Waals surface area contributed by atoms with Crippen LogP contribution < -0.4 is 0 Å². The summed E-state index contributed by atoms with van der Waals surface area (Å²) in [6.07, 6.45) is 5.69. The Hall–Kier alpha value is -0.850. The zero-order chi connectivity index (χ0) is 10.4. The highest BCUT2D eigenvalue weighted by Crippen LogP contribution is 2.15. The van der Waals surface area contributed by atoms with Crippen molar-refractivity contribution in [2.45, 2.75) is 46.0 Å². The summed E-state index contributed by atoms with van der Waals surface area (Å²) >= 11 is 0. The molecule has 1 heteroatoms. The molecule has 0 fully saturated rings. The average molecular weight is 194 g/mol. The normalized spacial score (nSPS) is 10.5. The van der Waals surface area contributed by atoms with Gasteiger partial charge >= 0.3 is 0 Å². The lowest BCUT2D eigenvalue weighted by atomic mass is 10.0. The summed E-state index contributed by atoms with van der Waals surface area (Å²) in [7, 11) is 0. The molecule has 78 valence electrons. The molecule has 0 atom stereocenters. The summed E-state index contributed by atoms with van der Waals surface area (Å²) < 4.78 is 13.5. The topological polar surface area (TPSA) is 0 Å². The van der Waals surface area contributed by atoms with Gasteiger partial charge in [0.1, 0.15) is 5.82 Å². The first-order valence-corrected chi connectivity index (χ1v) is 5.49. The van der Waals surface area contributed by atoms with Gasteiger partial charge in [0.25, 0.3) is 0 Å². The predicted octanol–water partition coefficient (Wildman–Crippen LogP) is 4.26. The second-order valence-corrected chi connectivity index (χ2v) is 3.86. The molecule has 0 unspecified atom stereocenters. The highest BCUT2D eigenvalue weighted by atomic mass is 19.1. The van der Waals surface area contributed by atoms with Crippen molar-refractivity contribution in [1.29, 1.82) is 0 Å². The van der Waals surface area contributed by atoms with Crippen molar-refractivity contribution in [2.24, 2.45) is 0 Å². The standard InChI is InChI=1S/C13H19F/c1-3-4-5-6-9-12-10-7-8-11(2)13(12)14/h7-8,10H,3-6,9H2,1-2H3. The number of rotatable bonds is 5. The third-order valence-corrected chi connectivity index (χ3v) is 2.57. The maximum atomic E-state index is 13.5. The number of halogens is 1. The van der Waals surface area contributed by atoms with E-state index >= 15 is 0 Å². The fourth-order valence-corrected chi connectivity index (χ4v) is 1.64. The maximum Gasteiger partial charge on any atom is 0.129 e. The number of hydrogen-bond acceptors (Lipinski definition) is 0. The van der Waals surface area contributed by atoms with E-state index in [1.165, 1.54) is 19.3 Å². The van der Waals surface area contributed by atoms with Crippen LogP contribution in [0.15, 0.2) is 18.2 Å². The molecular formula is C13H19F. The Kier molecular flexibility index (Phi) is 4.64. The highest BCUT2D eigenvalue weighted by molar-refractivity contribution is 5.24. The molecule has 1 rings (SSSR count). The number of hydrogen-bond donors (Lipinski definition) is 0. The second-order valence-electron chi connectivity index (χ2n) is 3.86. The first-order valence-electron chi connectivity index (χ1n) is 5.49. The molecule has 0 bridgehead atoms. The van der Waals surface area contributed by atoms with Crippen LogP contribution in [0.4, 0.5) is 4.39 Å². The molecule has 0 nitrogen and oxygen atoms in total. The Morgan fingerprint density at radius 3 is 2.64 bits per heavy atom. The first-order chi connectivity index (χ1) is 6.75. The van der Waals surface area contributed by atoms with E-state index in [4.69, 9.17) is 0 Å². The lowest BCUT2D eigenvalue weighted by Gasteiger charge is -2.04. The van der Waals surface area contributed by atoms with Crippen LogP contribution in [0.1, 0.15) is 43.7 Å². The van der Waals surface area contributed by atoms with Crippen molar-refractivity contribution >= 4 is 0 Å². The summed E-state index contributed by atoms with van der Waals surface area (Å²) in [5.41, 5.74) is 1.64. The van der Waals surface area contributed by atoms with Crippen LogP contribution in [0.25, 0.3) is 0 Å². The van der Waals surface area contributed by atoms with Crippen LogP contribution in [-0.4, -0.2) is 0 Å². The van der Waals surface area contributed by atoms with E-state index in [-0.39, 0.29) is 5.82 Å². The molecule has 0 aliphatic carbocycles. The van der Waals surface area contributed by atoms with E-state index in [1.54, 1.807) is 0 Å². The van der Waals surface area contributed by atoms with Crippen LogP contribution in [-0.2, 0) is 6.42 Å². The Bertz CT molecular complexity index is 279. The van der Waals surface area contributed by atoms with Gasteiger partial charge in [-0.3, -0.25) is 0 Å². The van der Waals surface area contributed by atoms with Gasteiger partial charge in [-0.15, -0.1) is 0 Å². The smallest absolute Gasteiger partial charge is 0.129 e.